The first-order valence-electron chi connectivity index (χ1n) is 5.64. The second-order valence-corrected chi connectivity index (χ2v) is 4.23. The number of benzene rings is 1. The summed E-state index contributed by atoms with van der Waals surface area (Å²) in [6, 6.07) is 6.01. The highest BCUT2D eigenvalue weighted by atomic mass is 19.1. The Morgan fingerprint density at radius 1 is 1.47 bits per heavy atom. The van der Waals surface area contributed by atoms with Crippen LogP contribution in [0.3, 0.4) is 0 Å². The Morgan fingerprint density at radius 3 is 2.71 bits per heavy atom. The molecule has 1 aromatic carbocycles. The van der Waals surface area contributed by atoms with E-state index < -0.39 is 5.82 Å². The third-order valence-electron chi connectivity index (χ3n) is 2.65. The van der Waals surface area contributed by atoms with Gasteiger partial charge >= 0.3 is 0 Å². The number of rotatable bonds is 6. The fourth-order valence-corrected chi connectivity index (χ4v) is 1.74. The molecule has 0 saturated carbocycles. The number of aliphatic hydroxyl groups excluding tert-OH is 1. The van der Waals surface area contributed by atoms with E-state index in [9.17, 15) is 9.18 Å². The summed E-state index contributed by atoms with van der Waals surface area (Å²) in [6.45, 7) is 2.84. The molecule has 0 bridgehead atoms. The van der Waals surface area contributed by atoms with Gasteiger partial charge in [0.05, 0.1) is 12.2 Å². The first kappa shape index (κ1) is 13.8. The fourth-order valence-electron chi connectivity index (χ4n) is 1.74. The van der Waals surface area contributed by atoms with Crippen LogP contribution in [-0.2, 0) is 0 Å². The van der Waals surface area contributed by atoms with Crippen LogP contribution in [0.5, 0.6) is 0 Å². The smallest absolute Gasteiger partial charge is 0.169 e. The normalized spacial score (nSPS) is 12.8. The largest absolute Gasteiger partial charge is 0.395 e. The van der Waals surface area contributed by atoms with Crippen molar-refractivity contribution in [3.63, 3.8) is 0 Å². The Labute approximate surface area is 101 Å². The average Bonchev–Trinajstić information content (AvgIpc) is 2.29. The zero-order valence-corrected chi connectivity index (χ0v) is 10.2. The molecule has 1 unspecified atom stereocenters. The minimum atomic E-state index is -0.478. The maximum Gasteiger partial charge on any atom is 0.169 e. The van der Waals surface area contributed by atoms with Gasteiger partial charge in [0, 0.05) is 19.0 Å². The molecule has 3 nitrogen and oxygen atoms in total. The molecule has 0 aliphatic heterocycles. The van der Waals surface area contributed by atoms with Crippen LogP contribution in [0.4, 0.5) is 4.39 Å². The Bertz CT molecular complexity index is 381. The predicted molar refractivity (Wildman–Crippen MR) is 64.5 cm³/mol. The van der Waals surface area contributed by atoms with Gasteiger partial charge in [-0.2, -0.15) is 0 Å². The summed E-state index contributed by atoms with van der Waals surface area (Å²) in [5.74, 6) is -0.967. The van der Waals surface area contributed by atoms with Gasteiger partial charge in [-0.05, 0) is 19.2 Å². The number of nitrogens with zero attached hydrogens (tertiary/aromatic N) is 1. The highest BCUT2D eigenvalue weighted by molar-refractivity contribution is 5.98. The molecule has 1 N–H and O–H groups in total. The van der Waals surface area contributed by atoms with Gasteiger partial charge in [-0.3, -0.25) is 4.79 Å². The minimum absolute atomic E-state index is 0.0527. The third kappa shape index (κ3) is 3.91. The van der Waals surface area contributed by atoms with Gasteiger partial charge in [0.2, 0.25) is 0 Å². The van der Waals surface area contributed by atoms with Crippen LogP contribution in [-0.4, -0.2) is 42.5 Å². The highest BCUT2D eigenvalue weighted by Crippen LogP contribution is 2.13. The minimum Gasteiger partial charge on any atom is -0.395 e. The summed E-state index contributed by atoms with van der Waals surface area (Å²) >= 11 is 0. The molecular weight excluding hydrogens is 221 g/mol. The number of likely N-dealkylation sites (N-methyl/N-ethyl adjacent to an activating group) is 1. The molecule has 0 fully saturated rings. The van der Waals surface area contributed by atoms with Crippen molar-refractivity contribution in [2.75, 3.05) is 26.7 Å². The van der Waals surface area contributed by atoms with Gasteiger partial charge in [-0.15, -0.1) is 0 Å². The molecule has 1 aromatic rings. The number of hydrogen-bond donors (Lipinski definition) is 1. The summed E-state index contributed by atoms with van der Waals surface area (Å²) in [7, 11) is 1.82. The van der Waals surface area contributed by atoms with Gasteiger partial charge in [-0.25, -0.2) is 4.39 Å². The molecule has 94 valence electrons. The molecule has 1 atom stereocenters. The lowest BCUT2D eigenvalue weighted by atomic mass is 9.98. The molecule has 0 heterocycles. The second kappa shape index (κ2) is 6.47. The molecular formula is C13H18FNO2. The van der Waals surface area contributed by atoms with E-state index in [2.05, 4.69) is 0 Å². The van der Waals surface area contributed by atoms with Crippen molar-refractivity contribution in [2.45, 2.75) is 6.92 Å². The lowest BCUT2D eigenvalue weighted by Gasteiger charge is -2.19. The van der Waals surface area contributed by atoms with Crippen LogP contribution < -0.4 is 0 Å². The van der Waals surface area contributed by atoms with Gasteiger partial charge < -0.3 is 10.0 Å². The number of carbonyl (C=O) groups is 1. The van der Waals surface area contributed by atoms with Crippen molar-refractivity contribution in [1.82, 2.24) is 4.90 Å². The van der Waals surface area contributed by atoms with Crippen LogP contribution in [0, 0.1) is 11.7 Å². The van der Waals surface area contributed by atoms with E-state index >= 15 is 0 Å². The third-order valence-corrected chi connectivity index (χ3v) is 2.65. The van der Waals surface area contributed by atoms with Crippen molar-refractivity contribution in [2.24, 2.45) is 5.92 Å². The SMILES string of the molecule is CC(CN(C)CCO)C(=O)c1ccccc1F. The first-order chi connectivity index (χ1) is 8.06. The highest BCUT2D eigenvalue weighted by Gasteiger charge is 2.19. The zero-order valence-electron chi connectivity index (χ0n) is 10.2. The molecule has 4 heteroatoms. The Hall–Kier alpha value is -1.26. The van der Waals surface area contributed by atoms with E-state index in [1.807, 2.05) is 11.9 Å². The van der Waals surface area contributed by atoms with E-state index in [1.165, 1.54) is 12.1 Å². The fraction of sp³-hybridized carbons (Fsp3) is 0.462. The van der Waals surface area contributed by atoms with Crippen LogP contribution in [0.15, 0.2) is 24.3 Å². The van der Waals surface area contributed by atoms with Crippen molar-refractivity contribution >= 4 is 5.78 Å². The summed E-state index contributed by atoms with van der Waals surface area (Å²) < 4.78 is 13.4. The summed E-state index contributed by atoms with van der Waals surface area (Å²) in [6.07, 6.45) is 0. The average molecular weight is 239 g/mol. The summed E-state index contributed by atoms with van der Waals surface area (Å²) in [5, 5.41) is 8.76. The van der Waals surface area contributed by atoms with Gasteiger partial charge in [0.25, 0.3) is 0 Å². The predicted octanol–water partition coefficient (Wildman–Crippen LogP) is 1.57. The molecule has 0 saturated heterocycles. The maximum absolute atomic E-state index is 13.4. The van der Waals surface area contributed by atoms with Gasteiger partial charge in [-0.1, -0.05) is 19.1 Å². The van der Waals surface area contributed by atoms with E-state index in [0.717, 1.165) is 0 Å². The van der Waals surface area contributed by atoms with Crippen molar-refractivity contribution in [3.05, 3.63) is 35.6 Å². The summed E-state index contributed by atoms with van der Waals surface area (Å²) in [5.41, 5.74) is 0.136. The van der Waals surface area contributed by atoms with Crippen LogP contribution in [0.25, 0.3) is 0 Å². The number of ketones is 1. The molecule has 0 spiro atoms. The molecule has 17 heavy (non-hydrogen) atoms. The van der Waals surface area contributed by atoms with Crippen LogP contribution in [0.1, 0.15) is 17.3 Å². The van der Waals surface area contributed by atoms with E-state index in [4.69, 9.17) is 5.11 Å². The van der Waals surface area contributed by atoms with Crippen molar-refractivity contribution < 1.29 is 14.3 Å². The molecule has 0 aliphatic rings. The molecule has 0 aliphatic carbocycles. The number of Topliss-reactive ketones (excluding diaryl/α,β-unsaturated/α-hetero) is 1. The van der Waals surface area contributed by atoms with E-state index in [1.54, 1.807) is 19.1 Å². The van der Waals surface area contributed by atoms with Gasteiger partial charge in [0.15, 0.2) is 5.78 Å². The number of halogens is 1. The number of carbonyl (C=O) groups excluding carboxylic acids is 1. The second-order valence-electron chi connectivity index (χ2n) is 4.23. The molecule has 0 radical (unpaired) electrons. The molecule has 0 amide bonds. The van der Waals surface area contributed by atoms with Crippen molar-refractivity contribution in [1.29, 1.82) is 0 Å². The monoisotopic (exact) mass is 239 g/mol. The lowest BCUT2D eigenvalue weighted by Crippen LogP contribution is -2.31. The molecule has 0 aromatic heterocycles. The first-order valence-corrected chi connectivity index (χ1v) is 5.64. The molecule has 1 rings (SSSR count). The van der Waals surface area contributed by atoms with Crippen molar-refractivity contribution in [3.8, 4) is 0 Å². The number of aliphatic hydroxyl groups is 1. The lowest BCUT2D eigenvalue weighted by molar-refractivity contribution is 0.0891. The Kier molecular flexibility index (Phi) is 5.25. The standard InChI is InChI=1S/C13H18FNO2/c1-10(9-15(2)7-8-16)13(17)11-5-3-4-6-12(11)14/h3-6,10,16H,7-9H2,1-2H3. The number of hydrogen-bond acceptors (Lipinski definition) is 3. The summed E-state index contributed by atoms with van der Waals surface area (Å²) in [4.78, 5) is 13.8. The van der Waals surface area contributed by atoms with Crippen LogP contribution >= 0.6 is 0 Å². The Morgan fingerprint density at radius 2 is 2.12 bits per heavy atom. The van der Waals surface area contributed by atoms with E-state index in [0.29, 0.717) is 13.1 Å². The zero-order chi connectivity index (χ0) is 12.8. The topological polar surface area (TPSA) is 40.5 Å². The quantitative estimate of drug-likeness (QED) is 0.766. The van der Waals surface area contributed by atoms with Gasteiger partial charge in [0.1, 0.15) is 5.82 Å². The van der Waals surface area contributed by atoms with E-state index in [-0.39, 0.29) is 23.9 Å². The maximum atomic E-state index is 13.4. The Balaban J connectivity index is 2.67. The van der Waals surface area contributed by atoms with Crippen LogP contribution in [0.2, 0.25) is 0 Å².